The molecule has 0 fully saturated rings. The molecule has 128 valence electrons. The van der Waals surface area contributed by atoms with Crippen LogP contribution in [0.15, 0.2) is 72.8 Å². The summed E-state index contributed by atoms with van der Waals surface area (Å²) in [6.07, 6.45) is 0. The molecule has 4 N–H and O–H groups in total. The van der Waals surface area contributed by atoms with E-state index < -0.39 is 0 Å². The first kappa shape index (κ1) is 16.9. The first-order chi connectivity index (χ1) is 12.0. The predicted octanol–water partition coefficient (Wildman–Crippen LogP) is 4.64. The smallest absolute Gasteiger partial charge is 0.146 e. The highest BCUT2D eigenvalue weighted by atomic mass is 16.6. The molecule has 0 heterocycles. The van der Waals surface area contributed by atoms with Crippen molar-refractivity contribution in [3.05, 3.63) is 83.9 Å². The fraction of sp³-hybridized carbons (Fsp3) is 0.143. The molecule has 0 aliphatic carbocycles. The van der Waals surface area contributed by atoms with Gasteiger partial charge in [0.15, 0.2) is 0 Å². The number of nitrogen functional groups attached to an aromatic ring is 1. The van der Waals surface area contributed by atoms with Gasteiger partial charge < -0.3 is 15.3 Å². The average molecular weight is 334 g/mol. The quantitative estimate of drug-likeness (QED) is 0.527. The molecular formula is C21H22N2O2. The molecule has 0 amide bonds. The standard InChI is InChI=1S/C21H22N2O2/c1-21(2,16-5-11-20(25-23)12-6-16)15-3-9-18(10-4-15)24-19-13-7-17(22)8-14-19/h3-14H,22-23H2,1-2H3. The van der Waals surface area contributed by atoms with Crippen molar-refractivity contribution in [3.63, 3.8) is 0 Å². The van der Waals surface area contributed by atoms with Crippen molar-refractivity contribution in [1.82, 2.24) is 0 Å². The largest absolute Gasteiger partial charge is 0.457 e. The summed E-state index contributed by atoms with van der Waals surface area (Å²) in [5, 5.41) is 0. The number of nitrogens with two attached hydrogens (primary N) is 2. The van der Waals surface area contributed by atoms with Crippen LogP contribution in [0, 0.1) is 0 Å². The summed E-state index contributed by atoms with van der Waals surface area (Å²) >= 11 is 0. The fourth-order valence-electron chi connectivity index (χ4n) is 2.73. The minimum atomic E-state index is -0.146. The van der Waals surface area contributed by atoms with Gasteiger partial charge in [-0.1, -0.05) is 38.1 Å². The van der Waals surface area contributed by atoms with Crippen molar-refractivity contribution in [2.45, 2.75) is 19.3 Å². The van der Waals surface area contributed by atoms with Gasteiger partial charge >= 0.3 is 0 Å². The molecule has 0 atom stereocenters. The van der Waals surface area contributed by atoms with Gasteiger partial charge in [-0.2, -0.15) is 5.90 Å². The van der Waals surface area contributed by atoms with Crippen LogP contribution in [0.1, 0.15) is 25.0 Å². The Morgan fingerprint density at radius 3 is 1.48 bits per heavy atom. The summed E-state index contributed by atoms with van der Waals surface area (Å²) in [7, 11) is 0. The predicted molar refractivity (Wildman–Crippen MR) is 101 cm³/mol. The van der Waals surface area contributed by atoms with E-state index in [1.54, 1.807) is 0 Å². The number of hydrogen-bond acceptors (Lipinski definition) is 4. The van der Waals surface area contributed by atoms with Crippen molar-refractivity contribution in [1.29, 1.82) is 0 Å². The maximum Gasteiger partial charge on any atom is 0.146 e. The van der Waals surface area contributed by atoms with Crippen LogP contribution in [0.3, 0.4) is 0 Å². The third kappa shape index (κ3) is 3.75. The van der Waals surface area contributed by atoms with E-state index in [-0.39, 0.29) is 5.41 Å². The first-order valence-corrected chi connectivity index (χ1v) is 8.10. The third-order valence-electron chi connectivity index (χ3n) is 4.40. The molecule has 0 spiro atoms. The Labute approximate surface area is 148 Å². The third-order valence-corrected chi connectivity index (χ3v) is 4.40. The maximum absolute atomic E-state index is 5.85. The van der Waals surface area contributed by atoms with Crippen molar-refractivity contribution in [2.24, 2.45) is 5.90 Å². The van der Waals surface area contributed by atoms with E-state index in [0.717, 1.165) is 17.2 Å². The van der Waals surface area contributed by atoms with Gasteiger partial charge in [0.05, 0.1) is 0 Å². The van der Waals surface area contributed by atoms with Gasteiger partial charge in [0.2, 0.25) is 0 Å². The average Bonchev–Trinajstić information content (AvgIpc) is 2.64. The Bertz CT molecular complexity index is 823. The van der Waals surface area contributed by atoms with E-state index in [2.05, 4.69) is 26.0 Å². The zero-order valence-corrected chi connectivity index (χ0v) is 14.4. The second kappa shape index (κ2) is 6.87. The molecule has 0 unspecified atom stereocenters. The molecule has 0 saturated heterocycles. The minimum Gasteiger partial charge on any atom is -0.457 e. The lowest BCUT2D eigenvalue weighted by molar-refractivity contribution is 0.334. The van der Waals surface area contributed by atoms with Gasteiger partial charge in [-0.3, -0.25) is 0 Å². The molecule has 4 heteroatoms. The molecule has 0 aromatic heterocycles. The van der Waals surface area contributed by atoms with Crippen LogP contribution >= 0.6 is 0 Å². The van der Waals surface area contributed by atoms with Crippen LogP contribution in [0.5, 0.6) is 17.2 Å². The molecule has 25 heavy (non-hydrogen) atoms. The highest BCUT2D eigenvalue weighted by Gasteiger charge is 2.23. The van der Waals surface area contributed by atoms with Crippen LogP contribution in [-0.2, 0) is 5.41 Å². The molecule has 4 nitrogen and oxygen atoms in total. The molecule has 0 aliphatic heterocycles. The molecule has 0 saturated carbocycles. The van der Waals surface area contributed by atoms with Crippen LogP contribution in [-0.4, -0.2) is 0 Å². The molecular weight excluding hydrogens is 312 g/mol. The summed E-state index contributed by atoms with van der Waals surface area (Å²) in [5.74, 6) is 7.38. The minimum absolute atomic E-state index is 0.146. The van der Waals surface area contributed by atoms with Gasteiger partial charge in [0.1, 0.15) is 17.2 Å². The number of benzene rings is 3. The summed E-state index contributed by atoms with van der Waals surface area (Å²) in [6.45, 7) is 4.36. The highest BCUT2D eigenvalue weighted by molar-refractivity contribution is 5.45. The molecule has 0 aliphatic rings. The zero-order chi connectivity index (χ0) is 17.9. The SMILES string of the molecule is CC(C)(c1ccc(ON)cc1)c1ccc(Oc2ccc(N)cc2)cc1. The number of rotatable bonds is 5. The van der Waals surface area contributed by atoms with Crippen molar-refractivity contribution < 1.29 is 9.57 Å². The zero-order valence-electron chi connectivity index (χ0n) is 14.4. The van der Waals surface area contributed by atoms with Crippen LogP contribution in [0.2, 0.25) is 0 Å². The Morgan fingerprint density at radius 1 is 0.640 bits per heavy atom. The van der Waals surface area contributed by atoms with Gasteiger partial charge in [-0.25, -0.2) is 0 Å². The van der Waals surface area contributed by atoms with Crippen LogP contribution < -0.4 is 21.2 Å². The lowest BCUT2D eigenvalue weighted by atomic mass is 9.78. The summed E-state index contributed by atoms with van der Waals surface area (Å²) in [4.78, 5) is 4.74. The van der Waals surface area contributed by atoms with E-state index in [1.807, 2.05) is 60.7 Å². The normalized spacial score (nSPS) is 11.2. The second-order valence-electron chi connectivity index (χ2n) is 6.46. The Balaban J connectivity index is 1.79. The lowest BCUT2D eigenvalue weighted by Gasteiger charge is -2.26. The van der Waals surface area contributed by atoms with Crippen molar-refractivity contribution >= 4 is 5.69 Å². The Kier molecular flexibility index (Phi) is 4.63. The number of anilines is 1. The highest BCUT2D eigenvalue weighted by Crippen LogP contribution is 2.34. The first-order valence-electron chi connectivity index (χ1n) is 8.10. The second-order valence-corrected chi connectivity index (χ2v) is 6.46. The Morgan fingerprint density at radius 2 is 1.04 bits per heavy atom. The summed E-state index contributed by atoms with van der Waals surface area (Å²) in [5.41, 5.74) is 8.64. The number of ether oxygens (including phenoxy) is 1. The van der Waals surface area contributed by atoms with Gasteiger partial charge in [-0.15, -0.1) is 0 Å². The fourth-order valence-corrected chi connectivity index (χ4v) is 2.73. The number of hydrogen-bond donors (Lipinski definition) is 2. The van der Waals surface area contributed by atoms with E-state index >= 15 is 0 Å². The molecule has 0 bridgehead atoms. The topological polar surface area (TPSA) is 70.5 Å². The van der Waals surface area contributed by atoms with Crippen LogP contribution in [0.25, 0.3) is 0 Å². The van der Waals surface area contributed by atoms with E-state index in [1.165, 1.54) is 11.1 Å². The lowest BCUT2D eigenvalue weighted by Crippen LogP contribution is -2.18. The molecule has 0 radical (unpaired) electrons. The summed E-state index contributed by atoms with van der Waals surface area (Å²) in [6, 6.07) is 23.3. The van der Waals surface area contributed by atoms with E-state index in [9.17, 15) is 0 Å². The molecule has 3 aromatic rings. The van der Waals surface area contributed by atoms with Gasteiger partial charge in [-0.05, 0) is 59.7 Å². The molecule has 3 rings (SSSR count). The van der Waals surface area contributed by atoms with Gasteiger partial charge in [0, 0.05) is 11.1 Å². The van der Waals surface area contributed by atoms with Crippen LogP contribution in [0.4, 0.5) is 5.69 Å². The van der Waals surface area contributed by atoms with Crippen molar-refractivity contribution in [2.75, 3.05) is 5.73 Å². The summed E-state index contributed by atoms with van der Waals surface area (Å²) < 4.78 is 5.85. The Hall–Kier alpha value is -2.98. The van der Waals surface area contributed by atoms with Gasteiger partial charge in [0.25, 0.3) is 0 Å². The van der Waals surface area contributed by atoms with Crippen molar-refractivity contribution in [3.8, 4) is 17.2 Å². The molecule has 3 aromatic carbocycles. The monoisotopic (exact) mass is 334 g/mol. The van der Waals surface area contributed by atoms with E-state index in [0.29, 0.717) is 5.75 Å². The maximum atomic E-state index is 5.85. The van der Waals surface area contributed by atoms with E-state index in [4.69, 9.17) is 21.2 Å².